The highest BCUT2D eigenvalue weighted by atomic mass is 16.4. The fourth-order valence-electron chi connectivity index (χ4n) is 1.80. The van der Waals surface area contributed by atoms with Crippen LogP contribution in [0.5, 0.6) is 5.75 Å². The molecule has 0 fully saturated rings. The Bertz CT molecular complexity index is 517. The van der Waals surface area contributed by atoms with E-state index >= 15 is 0 Å². The van der Waals surface area contributed by atoms with E-state index in [4.69, 9.17) is 4.65 Å². The summed E-state index contributed by atoms with van der Waals surface area (Å²) >= 11 is 0. The Morgan fingerprint density at radius 1 is 1.00 bits per heavy atom. The maximum Gasteiger partial charge on any atom is 0.400 e. The second-order valence-electron chi connectivity index (χ2n) is 3.31. The van der Waals surface area contributed by atoms with Gasteiger partial charge in [-0.25, -0.2) is 0 Å². The lowest BCUT2D eigenvalue weighted by atomic mass is 9.92. The Hall–Kier alpha value is -1.70. The third-order valence-electron chi connectivity index (χ3n) is 2.47. The van der Waals surface area contributed by atoms with E-state index in [2.05, 4.69) is 30.3 Å². The zero-order valence-electron chi connectivity index (χ0n) is 7.60. The first-order valence-corrected chi connectivity index (χ1v) is 4.63. The average molecular weight is 179 g/mol. The van der Waals surface area contributed by atoms with Crippen molar-refractivity contribution >= 4 is 24.3 Å². The van der Waals surface area contributed by atoms with Gasteiger partial charge in [-0.1, -0.05) is 42.4 Å². The summed E-state index contributed by atoms with van der Waals surface area (Å²) in [7, 11) is 1.71. The molecule has 3 rings (SSSR count). The van der Waals surface area contributed by atoms with Gasteiger partial charge in [0.05, 0.1) is 0 Å². The van der Waals surface area contributed by atoms with E-state index in [-0.39, 0.29) is 0 Å². The van der Waals surface area contributed by atoms with E-state index in [1.54, 1.807) is 7.48 Å². The van der Waals surface area contributed by atoms with Gasteiger partial charge >= 0.3 is 7.48 Å². The molecule has 1 aliphatic rings. The number of benzene rings is 2. The molecule has 0 saturated heterocycles. The van der Waals surface area contributed by atoms with Crippen molar-refractivity contribution in [3.8, 4) is 5.75 Å². The van der Waals surface area contributed by atoms with E-state index in [1.807, 2.05) is 18.1 Å². The zero-order chi connectivity index (χ0) is 9.38. The lowest BCUT2D eigenvalue weighted by Gasteiger charge is -2.13. The molecule has 1 nitrogen and oxygen atoms in total. The largest absolute Gasteiger partial charge is 0.558 e. The maximum atomic E-state index is 5.42. The molecular weight excluding hydrogens is 171 g/mol. The van der Waals surface area contributed by atoms with Gasteiger partial charge in [0.1, 0.15) is 5.75 Å². The number of hydrogen-bond acceptors (Lipinski definition) is 1. The second-order valence-corrected chi connectivity index (χ2v) is 3.31. The minimum atomic E-state index is 0.936. The molecule has 0 unspecified atom stereocenters. The molecule has 0 saturated carbocycles. The van der Waals surface area contributed by atoms with Gasteiger partial charge in [0.25, 0.3) is 0 Å². The van der Waals surface area contributed by atoms with Crippen molar-refractivity contribution in [1.29, 1.82) is 0 Å². The van der Waals surface area contributed by atoms with Crippen LogP contribution in [0.1, 0.15) is 5.56 Å². The molecule has 2 aromatic rings. The van der Waals surface area contributed by atoms with E-state index in [0.29, 0.717) is 0 Å². The van der Waals surface area contributed by atoms with Crippen molar-refractivity contribution in [1.82, 2.24) is 0 Å². The van der Waals surface area contributed by atoms with Crippen molar-refractivity contribution in [2.45, 2.75) is 0 Å². The predicted molar refractivity (Wildman–Crippen MR) is 59.4 cm³/mol. The van der Waals surface area contributed by atoms with Crippen LogP contribution in [0.25, 0.3) is 16.8 Å². The quantitative estimate of drug-likeness (QED) is 0.565. The first kappa shape index (κ1) is 7.68. The third kappa shape index (κ3) is 1.04. The molecule has 2 aromatic carbocycles. The molecule has 0 spiro atoms. The van der Waals surface area contributed by atoms with Gasteiger partial charge < -0.3 is 4.65 Å². The second kappa shape index (κ2) is 2.91. The molecule has 1 aliphatic heterocycles. The van der Waals surface area contributed by atoms with Crippen LogP contribution in [-0.2, 0) is 0 Å². The summed E-state index contributed by atoms with van der Waals surface area (Å²) in [6.45, 7) is 0. The summed E-state index contributed by atoms with van der Waals surface area (Å²) in [5, 5.41) is 2.50. The molecular formula is C12H8BO. The van der Waals surface area contributed by atoms with Crippen LogP contribution < -0.4 is 4.65 Å². The molecule has 1 radical (unpaired) electrons. The third-order valence-corrected chi connectivity index (χ3v) is 2.47. The Morgan fingerprint density at radius 3 is 2.93 bits per heavy atom. The molecule has 1 heterocycles. The first-order valence-electron chi connectivity index (χ1n) is 4.63. The van der Waals surface area contributed by atoms with E-state index in [1.165, 1.54) is 16.3 Å². The van der Waals surface area contributed by atoms with Gasteiger partial charge in [0.15, 0.2) is 0 Å². The van der Waals surface area contributed by atoms with Crippen molar-refractivity contribution < 1.29 is 4.65 Å². The van der Waals surface area contributed by atoms with Crippen LogP contribution in [0.2, 0.25) is 0 Å². The predicted octanol–water partition coefficient (Wildman–Crippen LogP) is 2.82. The zero-order valence-corrected chi connectivity index (χ0v) is 7.60. The molecule has 0 atom stereocenters. The van der Waals surface area contributed by atoms with Crippen molar-refractivity contribution in [3.05, 3.63) is 47.9 Å². The van der Waals surface area contributed by atoms with Crippen LogP contribution in [0.4, 0.5) is 0 Å². The normalized spacial score (nSPS) is 13.1. The van der Waals surface area contributed by atoms with Crippen LogP contribution in [0.15, 0.2) is 42.4 Å². The summed E-state index contributed by atoms with van der Waals surface area (Å²) in [6.07, 6.45) is 2.08. The highest BCUT2D eigenvalue weighted by Crippen LogP contribution is 2.30. The van der Waals surface area contributed by atoms with E-state index in [9.17, 15) is 0 Å². The summed E-state index contributed by atoms with van der Waals surface area (Å²) in [5.74, 6) is 2.86. The number of hydrogen-bond donors (Lipinski definition) is 0. The summed E-state index contributed by atoms with van der Waals surface area (Å²) in [5.41, 5.74) is 1.17. The van der Waals surface area contributed by atoms with Crippen LogP contribution >= 0.6 is 0 Å². The monoisotopic (exact) mass is 179 g/mol. The highest BCUT2D eigenvalue weighted by molar-refractivity contribution is 6.38. The summed E-state index contributed by atoms with van der Waals surface area (Å²) in [6, 6.07) is 12.4. The van der Waals surface area contributed by atoms with Crippen LogP contribution in [0.3, 0.4) is 0 Å². The van der Waals surface area contributed by atoms with Crippen LogP contribution in [-0.4, -0.2) is 7.48 Å². The summed E-state index contributed by atoms with van der Waals surface area (Å²) < 4.78 is 5.42. The van der Waals surface area contributed by atoms with Gasteiger partial charge in [0, 0.05) is 5.56 Å². The van der Waals surface area contributed by atoms with Crippen molar-refractivity contribution in [3.63, 3.8) is 0 Å². The Morgan fingerprint density at radius 2 is 1.93 bits per heavy atom. The van der Waals surface area contributed by atoms with Gasteiger partial charge in [-0.15, -0.1) is 0 Å². The average Bonchev–Trinajstić information content (AvgIpc) is 2.29. The molecule has 2 heteroatoms. The van der Waals surface area contributed by atoms with E-state index in [0.717, 1.165) is 5.75 Å². The standard InChI is InChI=1S/C12H8BO/c1-2-4-10-9(3-1)5-6-12-11(10)7-8-13-14-12/h1-8H. The highest BCUT2D eigenvalue weighted by Gasteiger charge is 2.08. The minimum Gasteiger partial charge on any atom is -0.558 e. The molecule has 65 valence electrons. The molecule has 0 amide bonds. The first-order chi connectivity index (χ1) is 6.95. The summed E-state index contributed by atoms with van der Waals surface area (Å²) in [4.78, 5) is 0. The minimum absolute atomic E-state index is 0.936. The maximum absolute atomic E-state index is 5.42. The van der Waals surface area contributed by atoms with E-state index < -0.39 is 0 Å². The van der Waals surface area contributed by atoms with Gasteiger partial charge in [-0.3, -0.25) is 0 Å². The topological polar surface area (TPSA) is 9.23 Å². The Labute approximate surface area is 83.3 Å². The van der Waals surface area contributed by atoms with Gasteiger partial charge in [0.2, 0.25) is 0 Å². The van der Waals surface area contributed by atoms with Crippen LogP contribution in [0, 0.1) is 0 Å². The molecule has 0 bridgehead atoms. The molecule has 0 aromatic heterocycles. The Kier molecular flexibility index (Phi) is 1.60. The smallest absolute Gasteiger partial charge is 0.400 e. The fourth-order valence-corrected chi connectivity index (χ4v) is 1.80. The molecule has 0 N–H and O–H groups in total. The van der Waals surface area contributed by atoms with Crippen molar-refractivity contribution in [2.75, 3.05) is 0 Å². The van der Waals surface area contributed by atoms with Crippen molar-refractivity contribution in [2.24, 2.45) is 0 Å². The Balaban J connectivity index is 2.42. The lowest BCUT2D eigenvalue weighted by Crippen LogP contribution is -2.04. The molecule has 14 heavy (non-hydrogen) atoms. The SMILES string of the molecule is [B]1C=Cc2c(ccc3ccccc23)O1. The fraction of sp³-hybridized carbons (Fsp3) is 0. The van der Waals surface area contributed by atoms with Gasteiger partial charge in [-0.05, 0) is 16.8 Å². The number of rotatable bonds is 0. The van der Waals surface area contributed by atoms with Gasteiger partial charge in [-0.2, -0.15) is 0 Å². The molecule has 0 aliphatic carbocycles. The number of fused-ring (bicyclic) bond motifs is 3. The lowest BCUT2D eigenvalue weighted by molar-refractivity contribution is 0.601.